The summed E-state index contributed by atoms with van der Waals surface area (Å²) >= 11 is 3.10. The summed E-state index contributed by atoms with van der Waals surface area (Å²) in [5.74, 6) is 3.11. The number of benzene rings is 4. The normalized spacial score (nSPS) is 18.6. The first-order valence-electron chi connectivity index (χ1n) is 14.7. The summed E-state index contributed by atoms with van der Waals surface area (Å²) in [5.41, 5.74) is 7.09. The number of nitrogens with two attached hydrogens (primary N) is 1. The number of nitrogens with one attached hydrogen (secondary N) is 1. The van der Waals surface area contributed by atoms with Crippen LogP contribution in [0.5, 0.6) is 23.0 Å². The first-order chi connectivity index (χ1) is 22.6. The van der Waals surface area contributed by atoms with Gasteiger partial charge in [-0.25, -0.2) is 21.6 Å². The minimum atomic E-state index is -3.54. The highest BCUT2D eigenvalue weighted by molar-refractivity contribution is 8.08. The van der Waals surface area contributed by atoms with Crippen molar-refractivity contribution in [3.05, 3.63) is 103 Å². The van der Waals surface area contributed by atoms with Crippen molar-refractivity contribution in [1.82, 2.24) is 0 Å². The molecule has 3 N–H and O–H groups in total. The third-order valence-corrected chi connectivity index (χ3v) is 13.7. The summed E-state index contributed by atoms with van der Waals surface area (Å²) < 4.78 is 67.7. The van der Waals surface area contributed by atoms with Crippen molar-refractivity contribution >= 4 is 55.0 Å². The van der Waals surface area contributed by atoms with Crippen LogP contribution in [-0.2, 0) is 31.0 Å². The first-order valence-corrected chi connectivity index (χ1v) is 20.0. The zero-order valence-electron chi connectivity index (χ0n) is 25.0. The lowest BCUT2D eigenvalue weighted by atomic mass is 10.2. The van der Waals surface area contributed by atoms with Gasteiger partial charge in [0, 0.05) is 28.5 Å². The van der Waals surface area contributed by atoms with E-state index in [1.165, 1.54) is 23.9 Å². The Labute approximate surface area is 282 Å². The number of carbonyl (C=O) groups is 1. The molecule has 6 rings (SSSR count). The molecule has 2 aliphatic heterocycles. The Hall–Kier alpha value is -3.69. The number of rotatable bonds is 14. The molecule has 0 spiro atoms. The van der Waals surface area contributed by atoms with Gasteiger partial charge in [0.25, 0.3) is 0 Å². The molecule has 2 saturated heterocycles. The van der Waals surface area contributed by atoms with Crippen molar-refractivity contribution in [2.24, 2.45) is 5.73 Å². The van der Waals surface area contributed by atoms with E-state index < -0.39 is 25.8 Å². The molecular formula is C33H32N2O8S4. The zero-order chi connectivity index (χ0) is 33.0. The number of hydrogen-bond acceptors (Lipinski definition) is 11. The van der Waals surface area contributed by atoms with Gasteiger partial charge in [-0.3, -0.25) is 5.32 Å². The van der Waals surface area contributed by atoms with E-state index in [0.29, 0.717) is 35.2 Å². The Morgan fingerprint density at radius 1 is 0.702 bits per heavy atom. The molecule has 246 valence electrons. The lowest BCUT2D eigenvalue weighted by Crippen LogP contribution is -2.19. The number of carbonyl (C=O) groups excluding carboxylic acids is 1. The van der Waals surface area contributed by atoms with E-state index in [4.69, 9.17) is 19.9 Å². The predicted octanol–water partition coefficient (Wildman–Crippen LogP) is 6.13. The molecule has 4 aromatic carbocycles. The van der Waals surface area contributed by atoms with E-state index in [1.807, 2.05) is 12.1 Å². The number of ether oxygens (including phenoxy) is 3. The van der Waals surface area contributed by atoms with Crippen molar-refractivity contribution in [2.45, 2.75) is 32.1 Å². The smallest absolute Gasteiger partial charge is 0.411 e. The molecule has 0 bridgehead atoms. The number of amides is 1. The fraction of sp³-hybridized carbons (Fsp3) is 0.242. The number of thioether (sulfide) groups is 2. The average Bonchev–Trinajstić information content (AvgIpc) is 4.00. The van der Waals surface area contributed by atoms with Crippen LogP contribution in [-0.4, -0.2) is 62.5 Å². The molecule has 2 fully saturated rings. The molecule has 2 heterocycles. The summed E-state index contributed by atoms with van der Waals surface area (Å²) in [4.78, 5) is 12.8. The number of anilines is 1. The lowest BCUT2D eigenvalue weighted by Gasteiger charge is -2.09. The van der Waals surface area contributed by atoms with Crippen molar-refractivity contribution in [3.8, 4) is 23.0 Å². The molecule has 10 nitrogen and oxygen atoms in total. The Bertz CT molecular complexity index is 1910. The zero-order valence-corrected chi connectivity index (χ0v) is 28.2. The van der Waals surface area contributed by atoms with Crippen molar-refractivity contribution in [3.63, 3.8) is 0 Å². The van der Waals surface area contributed by atoms with Gasteiger partial charge < -0.3 is 19.9 Å². The van der Waals surface area contributed by atoms with Gasteiger partial charge >= 0.3 is 6.09 Å². The third kappa shape index (κ3) is 9.23. The molecule has 4 aromatic rings. The lowest BCUT2D eigenvalue weighted by molar-refractivity contribution is 0.164. The van der Waals surface area contributed by atoms with Gasteiger partial charge in [-0.05, 0) is 90.5 Å². The van der Waals surface area contributed by atoms with E-state index in [0.717, 1.165) is 11.3 Å². The van der Waals surface area contributed by atoms with Crippen LogP contribution in [0.1, 0.15) is 5.56 Å². The van der Waals surface area contributed by atoms with Crippen LogP contribution in [0.3, 0.4) is 0 Å². The van der Waals surface area contributed by atoms with E-state index >= 15 is 0 Å². The Morgan fingerprint density at radius 2 is 1.17 bits per heavy atom. The Balaban J connectivity index is 0.919. The second kappa shape index (κ2) is 14.2. The van der Waals surface area contributed by atoms with Crippen LogP contribution < -0.4 is 20.5 Å². The SMILES string of the molecule is NCc1ccc(Oc2ccc(S(=O)(=O)CC3SC3COC(=O)Nc3ccc(Oc4ccc(S(=O)(=O)CC5CS5)cc4)cc3)cc2)cc1. The van der Waals surface area contributed by atoms with Gasteiger partial charge in [0.05, 0.1) is 26.5 Å². The summed E-state index contributed by atoms with van der Waals surface area (Å²) in [6, 6.07) is 26.6. The number of sulfone groups is 2. The summed E-state index contributed by atoms with van der Waals surface area (Å²) in [5, 5.41) is 2.55. The molecule has 47 heavy (non-hydrogen) atoms. The van der Waals surface area contributed by atoms with Crippen molar-refractivity contribution < 1.29 is 35.8 Å². The highest BCUT2D eigenvalue weighted by Crippen LogP contribution is 2.43. The standard InChI is InChI=1S/C33H32N2O8S4/c34-17-22-1-5-24(6-2-22)42-26-11-15-30(16-12-26)47(39,40)21-32-31(45-32)18-41-33(36)35-23-3-7-25(8-4-23)43-27-9-13-29(14-10-27)46(37,38)20-28-19-44-28/h1-16,28,31-32H,17-21,34H2,(H,35,36). The molecule has 1 amide bonds. The van der Waals surface area contributed by atoms with Crippen LogP contribution in [0.25, 0.3) is 0 Å². The van der Waals surface area contributed by atoms with E-state index in [2.05, 4.69) is 5.32 Å². The van der Waals surface area contributed by atoms with E-state index in [1.54, 1.807) is 84.6 Å². The van der Waals surface area contributed by atoms with Gasteiger partial charge in [0.2, 0.25) is 0 Å². The molecule has 2 aliphatic rings. The van der Waals surface area contributed by atoms with E-state index in [9.17, 15) is 21.6 Å². The largest absolute Gasteiger partial charge is 0.457 e. The molecule has 0 radical (unpaired) electrons. The summed E-state index contributed by atoms with van der Waals surface area (Å²) in [6.45, 7) is 0.521. The molecule has 0 aromatic heterocycles. The summed E-state index contributed by atoms with van der Waals surface area (Å²) in [6.07, 6.45) is -0.651. The van der Waals surface area contributed by atoms with Crippen molar-refractivity contribution in [2.75, 3.05) is 29.2 Å². The average molecular weight is 713 g/mol. The van der Waals surface area contributed by atoms with Crippen LogP contribution in [0.4, 0.5) is 10.5 Å². The fourth-order valence-corrected chi connectivity index (χ4v) is 10.3. The molecular weight excluding hydrogens is 681 g/mol. The van der Waals surface area contributed by atoms with Crippen LogP contribution >= 0.6 is 23.5 Å². The monoisotopic (exact) mass is 712 g/mol. The Morgan fingerprint density at radius 3 is 1.66 bits per heavy atom. The molecule has 0 saturated carbocycles. The maximum absolute atomic E-state index is 13.0. The highest BCUT2D eigenvalue weighted by Gasteiger charge is 2.42. The quantitative estimate of drug-likeness (QED) is 0.145. The van der Waals surface area contributed by atoms with Gasteiger partial charge in [0.15, 0.2) is 19.7 Å². The molecule has 3 atom stereocenters. The predicted molar refractivity (Wildman–Crippen MR) is 184 cm³/mol. The molecule has 14 heteroatoms. The Kier molecular flexibility index (Phi) is 10.0. The topological polar surface area (TPSA) is 151 Å². The van der Waals surface area contributed by atoms with Gasteiger partial charge in [-0.2, -0.15) is 11.8 Å². The van der Waals surface area contributed by atoms with Gasteiger partial charge in [0.1, 0.15) is 29.6 Å². The van der Waals surface area contributed by atoms with Crippen molar-refractivity contribution in [1.29, 1.82) is 0 Å². The second-order valence-electron chi connectivity index (χ2n) is 11.0. The van der Waals surface area contributed by atoms with Crippen LogP contribution in [0.2, 0.25) is 0 Å². The highest BCUT2D eigenvalue weighted by atomic mass is 32.2. The second-order valence-corrected chi connectivity index (χ2v) is 17.9. The first kappa shape index (κ1) is 33.2. The summed E-state index contributed by atoms with van der Waals surface area (Å²) in [7, 11) is -6.85. The van der Waals surface area contributed by atoms with Gasteiger partial charge in [-0.1, -0.05) is 12.1 Å². The molecule has 3 unspecified atom stereocenters. The van der Waals surface area contributed by atoms with Crippen LogP contribution in [0.15, 0.2) is 107 Å². The van der Waals surface area contributed by atoms with Crippen LogP contribution in [0, 0.1) is 0 Å². The minimum Gasteiger partial charge on any atom is -0.457 e. The minimum absolute atomic E-state index is 0.0618. The maximum atomic E-state index is 13.0. The van der Waals surface area contributed by atoms with E-state index in [-0.39, 0.29) is 43.7 Å². The number of hydrogen-bond donors (Lipinski definition) is 2. The van der Waals surface area contributed by atoms with Gasteiger partial charge in [-0.15, -0.1) is 11.8 Å². The maximum Gasteiger partial charge on any atom is 0.411 e. The third-order valence-electron chi connectivity index (χ3n) is 7.35. The molecule has 0 aliphatic carbocycles. The fourth-order valence-electron chi connectivity index (χ4n) is 4.60.